The molecule has 0 heterocycles. The van der Waals surface area contributed by atoms with E-state index in [1.807, 2.05) is 110 Å². The van der Waals surface area contributed by atoms with Gasteiger partial charge in [-0.15, -0.1) is 12.1 Å². The van der Waals surface area contributed by atoms with Crippen LogP contribution in [0.25, 0.3) is 10.5 Å². The number of hydrogen-bond acceptors (Lipinski definition) is 2. The van der Waals surface area contributed by atoms with Gasteiger partial charge in [0, 0.05) is 0 Å². The molecule has 0 bridgehead atoms. The fraction of sp³-hybridized carbons (Fsp3) is 0.208. The normalized spacial score (nSPS) is 12.6. The zero-order valence-electron chi connectivity index (χ0n) is 17.8. The first kappa shape index (κ1) is 27.5. The number of nitrogens with one attached hydrogen (secondary N) is 1. The number of rotatable bonds is 7. The second kappa shape index (κ2) is 13.1. The van der Waals surface area contributed by atoms with Crippen molar-refractivity contribution >= 4 is 19.7 Å². The molecule has 3 aromatic carbocycles. The van der Waals surface area contributed by atoms with Crippen LogP contribution >= 0.6 is 9.69 Å². The molecule has 4 nitrogen and oxygen atoms in total. The molecule has 2 unspecified atom stereocenters. The number of nitrogens with zero attached hydrogens (tertiary/aromatic N) is 1. The molecule has 1 N–H and O–H groups in total. The summed E-state index contributed by atoms with van der Waals surface area (Å²) in [6.45, 7) is 3.89. The van der Waals surface area contributed by atoms with Gasteiger partial charge >= 0.3 is 27.0 Å². The van der Waals surface area contributed by atoms with Gasteiger partial charge < -0.3 is 17.9 Å². The maximum absolute atomic E-state index is 12.9. The molecule has 0 radical (unpaired) electrons. The topological polar surface area (TPSA) is 72.0 Å². The molecular weight excluding hydrogens is 517 g/mol. The van der Waals surface area contributed by atoms with Crippen molar-refractivity contribution in [1.29, 1.82) is 0 Å². The van der Waals surface area contributed by atoms with E-state index < -0.39 is 22.1 Å². The summed E-state index contributed by atoms with van der Waals surface area (Å²) in [5.74, 6) is -0.166. The third-order valence-electron chi connectivity index (χ3n) is 4.52. The molecule has 0 aliphatic carbocycles. The standard InChI is InChI=1S/C23H24N2O2S.CH3.ClH.Ru/c1-17-13-18(2)15-19(14-17)16-28(26,27)25-23(21-11-7-4-8-12-21)22(24)20-9-5-3-6-10-20;;;/h3-15,22-24H,16H2,1-2H3;1H3;1H;/q-2;-1;;+4/p-1. The van der Waals surface area contributed by atoms with Crippen LogP contribution in [0.1, 0.15) is 39.9 Å². The van der Waals surface area contributed by atoms with Gasteiger partial charge in [0.25, 0.3) is 0 Å². The summed E-state index contributed by atoms with van der Waals surface area (Å²) in [5, 5.41) is 0. The Morgan fingerprint density at radius 3 is 1.81 bits per heavy atom. The second-order valence-electron chi connectivity index (χ2n) is 7.07. The minimum absolute atomic E-state index is 0. The minimum atomic E-state index is -3.76. The first-order valence-corrected chi connectivity index (χ1v) is 13.1. The Morgan fingerprint density at radius 2 is 1.32 bits per heavy atom. The average Bonchev–Trinajstić information content (AvgIpc) is 2.73. The molecular formula is C24H27ClN2O2RuS. The van der Waals surface area contributed by atoms with Crippen LogP contribution in [0.2, 0.25) is 0 Å². The molecule has 0 aliphatic rings. The third kappa shape index (κ3) is 8.48. The van der Waals surface area contributed by atoms with Gasteiger partial charge in [-0.3, -0.25) is 0 Å². The van der Waals surface area contributed by atoms with Gasteiger partial charge in [0.2, 0.25) is 0 Å². The molecule has 0 spiro atoms. The molecule has 3 aromatic rings. The molecule has 3 rings (SSSR count). The zero-order chi connectivity index (χ0) is 22.1. The fourth-order valence-electron chi connectivity index (χ4n) is 3.38. The van der Waals surface area contributed by atoms with Gasteiger partial charge in [0.15, 0.2) is 0 Å². The van der Waals surface area contributed by atoms with E-state index in [0.29, 0.717) is 5.56 Å². The van der Waals surface area contributed by atoms with Crippen molar-refractivity contribution in [1.82, 2.24) is 0 Å². The van der Waals surface area contributed by atoms with Crippen LogP contribution in [0.4, 0.5) is 0 Å². The van der Waals surface area contributed by atoms with Crippen LogP contribution in [0, 0.1) is 21.3 Å². The van der Waals surface area contributed by atoms with E-state index in [9.17, 15) is 8.42 Å². The summed E-state index contributed by atoms with van der Waals surface area (Å²) in [5.41, 5.74) is 12.9. The zero-order valence-corrected chi connectivity index (χ0v) is 21.1. The van der Waals surface area contributed by atoms with Gasteiger partial charge in [-0.2, -0.15) is 0 Å². The molecule has 7 heteroatoms. The molecule has 0 fully saturated rings. The molecule has 0 saturated carbocycles. The van der Waals surface area contributed by atoms with Crippen molar-refractivity contribution in [2.24, 2.45) is 0 Å². The van der Waals surface area contributed by atoms with E-state index in [2.05, 4.69) is 14.4 Å². The number of benzene rings is 3. The van der Waals surface area contributed by atoms with Crippen molar-refractivity contribution in [3.05, 3.63) is 125 Å². The molecule has 0 saturated heterocycles. The van der Waals surface area contributed by atoms with E-state index in [1.165, 1.54) is 0 Å². The number of hydrogen-bond donors (Lipinski definition) is 0. The van der Waals surface area contributed by atoms with Crippen molar-refractivity contribution in [2.45, 2.75) is 31.7 Å². The first-order chi connectivity index (χ1) is 14.3. The Kier molecular flexibility index (Phi) is 11.6. The number of aryl methyl sites for hydroxylation is 2. The predicted octanol–water partition coefficient (Wildman–Crippen LogP) is 7.18. The summed E-state index contributed by atoms with van der Waals surface area (Å²) in [4.78, 5) is 0. The molecule has 31 heavy (non-hydrogen) atoms. The second-order valence-corrected chi connectivity index (χ2v) is 8.73. The quantitative estimate of drug-likeness (QED) is 0.234. The fourth-order valence-corrected chi connectivity index (χ4v) is 4.63. The van der Waals surface area contributed by atoms with E-state index in [-0.39, 0.29) is 13.2 Å². The van der Waals surface area contributed by atoms with Crippen molar-refractivity contribution in [3.8, 4) is 0 Å². The summed E-state index contributed by atoms with van der Waals surface area (Å²) >= 11 is 1.82. The van der Waals surface area contributed by atoms with Crippen LogP contribution < -0.4 is 0 Å². The third-order valence-corrected chi connectivity index (χ3v) is 5.77. The Morgan fingerprint density at radius 1 is 0.871 bits per heavy atom. The van der Waals surface area contributed by atoms with Crippen LogP contribution in [0.5, 0.6) is 0 Å². The van der Waals surface area contributed by atoms with E-state index in [4.69, 9.17) is 5.73 Å². The van der Waals surface area contributed by atoms with Gasteiger partial charge in [-0.1, -0.05) is 101 Å². The van der Waals surface area contributed by atoms with Crippen LogP contribution in [0.15, 0.2) is 78.9 Å². The predicted molar refractivity (Wildman–Crippen MR) is 127 cm³/mol. The first-order valence-electron chi connectivity index (χ1n) is 9.30. The molecule has 166 valence electrons. The molecule has 0 aromatic heterocycles. The maximum atomic E-state index is 12.9. The van der Waals surface area contributed by atoms with Crippen molar-refractivity contribution in [3.63, 3.8) is 0 Å². The van der Waals surface area contributed by atoms with Crippen LogP contribution in [-0.4, -0.2) is 8.42 Å². The average molecular weight is 544 g/mol. The van der Waals surface area contributed by atoms with Crippen molar-refractivity contribution < 1.29 is 25.7 Å². The Bertz CT molecular complexity index is 1010. The summed E-state index contributed by atoms with van der Waals surface area (Å²) < 4.78 is 30.0. The summed E-state index contributed by atoms with van der Waals surface area (Å²) in [7, 11) is 0.805. The SMILES string of the molecule is Cc1cc(C)cc(CS(=O)(=O)[N-]C(c2ccccc2)C([NH-])c2ccccc2)c1.[CH3-].[Cl][Ru+3]. The van der Waals surface area contributed by atoms with E-state index >= 15 is 0 Å². The van der Waals surface area contributed by atoms with Crippen LogP contribution in [-0.2, 0) is 33.1 Å². The summed E-state index contributed by atoms with van der Waals surface area (Å²) in [6, 6.07) is 22.6. The van der Waals surface area contributed by atoms with Gasteiger partial charge in [-0.25, -0.2) is 8.42 Å². The number of halogens is 1. The van der Waals surface area contributed by atoms with Gasteiger partial charge in [0.1, 0.15) is 0 Å². The van der Waals surface area contributed by atoms with Gasteiger partial charge in [0.05, 0.1) is 15.8 Å². The Labute approximate surface area is 201 Å². The van der Waals surface area contributed by atoms with E-state index in [0.717, 1.165) is 22.3 Å². The Hall–Kier alpha value is -1.56. The van der Waals surface area contributed by atoms with Gasteiger partial charge in [-0.05, 0) is 19.4 Å². The summed E-state index contributed by atoms with van der Waals surface area (Å²) in [6.07, 6.45) is 0. The van der Waals surface area contributed by atoms with Crippen LogP contribution in [0.3, 0.4) is 0 Å². The molecule has 2 atom stereocenters. The van der Waals surface area contributed by atoms with E-state index in [1.54, 1.807) is 0 Å². The number of sulfonamides is 1. The Balaban J connectivity index is 0.00000156. The molecule has 0 aliphatic heterocycles. The monoisotopic (exact) mass is 544 g/mol. The van der Waals surface area contributed by atoms with Crippen molar-refractivity contribution in [2.75, 3.05) is 0 Å². The molecule has 0 amide bonds.